The monoisotopic (exact) mass is 221 g/mol. The maximum atomic E-state index is 5.52. The van der Waals surface area contributed by atoms with Crippen molar-refractivity contribution in [1.29, 1.82) is 0 Å². The van der Waals surface area contributed by atoms with E-state index in [0.717, 1.165) is 18.7 Å². The highest BCUT2D eigenvalue weighted by atomic mass is 16.5. The van der Waals surface area contributed by atoms with Crippen LogP contribution in [0.15, 0.2) is 24.3 Å². The molecule has 3 heteroatoms. The van der Waals surface area contributed by atoms with Gasteiger partial charge in [-0.3, -0.25) is 0 Å². The van der Waals surface area contributed by atoms with E-state index in [0.29, 0.717) is 6.04 Å². The third kappa shape index (κ3) is 2.36. The first-order chi connectivity index (χ1) is 7.85. The van der Waals surface area contributed by atoms with Crippen molar-refractivity contribution >= 4 is 0 Å². The zero-order valence-corrected chi connectivity index (χ0v) is 9.90. The molecule has 3 nitrogen and oxygen atoms in total. The second-order valence-electron chi connectivity index (χ2n) is 4.12. The Hall–Kier alpha value is -1.06. The number of methoxy groups -OCH3 is 2. The van der Waals surface area contributed by atoms with E-state index in [9.17, 15) is 0 Å². The Morgan fingerprint density at radius 3 is 2.56 bits per heavy atom. The Labute approximate surface area is 96.8 Å². The van der Waals surface area contributed by atoms with E-state index in [1.807, 2.05) is 12.1 Å². The molecule has 16 heavy (non-hydrogen) atoms. The average Bonchev–Trinajstić information content (AvgIpc) is 2.39. The first kappa shape index (κ1) is 11.4. The summed E-state index contributed by atoms with van der Waals surface area (Å²) in [6.07, 6.45) is 2.59. The molecule has 1 heterocycles. The average molecular weight is 221 g/mol. The summed E-state index contributed by atoms with van der Waals surface area (Å²) in [5.74, 6) is 0.897. The summed E-state index contributed by atoms with van der Waals surface area (Å²) in [4.78, 5) is 0. The summed E-state index contributed by atoms with van der Waals surface area (Å²) >= 11 is 0. The predicted octanol–water partition coefficient (Wildman–Crippen LogP) is 2.13. The summed E-state index contributed by atoms with van der Waals surface area (Å²) in [5, 5.41) is 3.51. The summed E-state index contributed by atoms with van der Waals surface area (Å²) in [6, 6.07) is 8.52. The van der Waals surface area contributed by atoms with Gasteiger partial charge in [0.25, 0.3) is 0 Å². The Kier molecular flexibility index (Phi) is 3.80. The number of benzene rings is 1. The minimum absolute atomic E-state index is 0.280. The van der Waals surface area contributed by atoms with E-state index in [1.165, 1.54) is 12.0 Å². The smallest absolute Gasteiger partial charge is 0.118 e. The Balaban J connectivity index is 2.14. The van der Waals surface area contributed by atoms with Crippen LogP contribution in [0, 0.1) is 0 Å². The molecule has 0 amide bonds. The molecule has 0 bridgehead atoms. The molecule has 1 N–H and O–H groups in total. The summed E-state index contributed by atoms with van der Waals surface area (Å²) < 4.78 is 10.7. The van der Waals surface area contributed by atoms with Gasteiger partial charge in [0.2, 0.25) is 0 Å². The highest BCUT2D eigenvalue weighted by molar-refractivity contribution is 5.30. The molecule has 0 saturated carbocycles. The predicted molar refractivity (Wildman–Crippen MR) is 63.8 cm³/mol. The summed E-state index contributed by atoms with van der Waals surface area (Å²) in [7, 11) is 3.47. The Morgan fingerprint density at radius 2 is 1.94 bits per heavy atom. The quantitative estimate of drug-likeness (QED) is 0.848. The van der Waals surface area contributed by atoms with Gasteiger partial charge in [-0.25, -0.2) is 0 Å². The lowest BCUT2D eigenvalue weighted by atomic mass is 9.94. The Morgan fingerprint density at radius 1 is 1.19 bits per heavy atom. The minimum Gasteiger partial charge on any atom is -0.497 e. The number of rotatable bonds is 3. The molecule has 1 saturated heterocycles. The van der Waals surface area contributed by atoms with Crippen LogP contribution >= 0.6 is 0 Å². The van der Waals surface area contributed by atoms with Crippen LogP contribution in [0.4, 0.5) is 0 Å². The third-order valence-corrected chi connectivity index (χ3v) is 3.18. The van der Waals surface area contributed by atoms with Gasteiger partial charge in [0, 0.05) is 7.11 Å². The standard InChI is InChI=1S/C13H19NO2/c1-15-11-7-5-10(6-8-11)13-12(16-2)4-3-9-14-13/h5-8,12-14H,3-4,9H2,1-2H3. The van der Waals surface area contributed by atoms with Crippen LogP contribution in [-0.2, 0) is 4.74 Å². The lowest BCUT2D eigenvalue weighted by molar-refractivity contribution is 0.0451. The van der Waals surface area contributed by atoms with Crippen molar-refractivity contribution in [3.63, 3.8) is 0 Å². The van der Waals surface area contributed by atoms with Crippen LogP contribution in [0.1, 0.15) is 24.4 Å². The topological polar surface area (TPSA) is 30.5 Å². The van der Waals surface area contributed by atoms with Crippen molar-refractivity contribution in [2.45, 2.75) is 25.0 Å². The molecule has 2 atom stereocenters. The van der Waals surface area contributed by atoms with E-state index < -0.39 is 0 Å². The van der Waals surface area contributed by atoms with Crippen LogP contribution in [0.25, 0.3) is 0 Å². The zero-order valence-electron chi connectivity index (χ0n) is 9.90. The largest absolute Gasteiger partial charge is 0.497 e. The second kappa shape index (κ2) is 5.32. The van der Waals surface area contributed by atoms with Crippen molar-refractivity contribution in [1.82, 2.24) is 5.32 Å². The third-order valence-electron chi connectivity index (χ3n) is 3.18. The fourth-order valence-corrected chi connectivity index (χ4v) is 2.26. The van der Waals surface area contributed by atoms with Gasteiger partial charge in [-0.1, -0.05) is 12.1 Å². The molecule has 0 radical (unpaired) electrons. The first-order valence-electron chi connectivity index (χ1n) is 5.75. The van der Waals surface area contributed by atoms with Crippen molar-refractivity contribution in [3.05, 3.63) is 29.8 Å². The van der Waals surface area contributed by atoms with Crippen LogP contribution in [0.5, 0.6) is 5.75 Å². The van der Waals surface area contributed by atoms with E-state index in [2.05, 4.69) is 17.4 Å². The van der Waals surface area contributed by atoms with Gasteiger partial charge in [0.05, 0.1) is 19.3 Å². The number of hydrogen-bond donors (Lipinski definition) is 1. The molecule has 1 aromatic carbocycles. The van der Waals surface area contributed by atoms with Gasteiger partial charge < -0.3 is 14.8 Å². The van der Waals surface area contributed by atoms with Crippen LogP contribution < -0.4 is 10.1 Å². The van der Waals surface area contributed by atoms with Crippen LogP contribution in [-0.4, -0.2) is 26.9 Å². The normalized spacial score (nSPS) is 25.4. The van der Waals surface area contributed by atoms with Crippen LogP contribution in [0.2, 0.25) is 0 Å². The van der Waals surface area contributed by atoms with Crippen molar-refractivity contribution in [2.75, 3.05) is 20.8 Å². The molecular formula is C13H19NO2. The van der Waals surface area contributed by atoms with Gasteiger partial charge in [-0.05, 0) is 37.1 Å². The van der Waals surface area contributed by atoms with Crippen molar-refractivity contribution in [2.24, 2.45) is 0 Å². The molecule has 0 aliphatic carbocycles. The maximum Gasteiger partial charge on any atom is 0.118 e. The highest BCUT2D eigenvalue weighted by Crippen LogP contribution is 2.26. The van der Waals surface area contributed by atoms with Gasteiger partial charge >= 0.3 is 0 Å². The molecule has 1 fully saturated rings. The van der Waals surface area contributed by atoms with Gasteiger partial charge in [-0.2, -0.15) is 0 Å². The van der Waals surface area contributed by atoms with E-state index in [-0.39, 0.29) is 6.10 Å². The number of piperidine rings is 1. The molecule has 1 aliphatic heterocycles. The SMILES string of the molecule is COc1ccc(C2NCCCC2OC)cc1. The molecular weight excluding hydrogens is 202 g/mol. The molecule has 0 spiro atoms. The maximum absolute atomic E-state index is 5.52. The minimum atomic E-state index is 0.280. The molecule has 2 rings (SSSR count). The van der Waals surface area contributed by atoms with E-state index in [1.54, 1.807) is 14.2 Å². The first-order valence-corrected chi connectivity index (χ1v) is 5.75. The Bertz CT molecular complexity index is 323. The summed E-state index contributed by atoms with van der Waals surface area (Å²) in [6.45, 7) is 1.07. The number of nitrogens with one attached hydrogen (secondary N) is 1. The zero-order chi connectivity index (χ0) is 11.4. The van der Waals surface area contributed by atoms with E-state index in [4.69, 9.17) is 9.47 Å². The number of hydrogen-bond acceptors (Lipinski definition) is 3. The fraction of sp³-hybridized carbons (Fsp3) is 0.538. The molecule has 88 valence electrons. The van der Waals surface area contributed by atoms with Crippen molar-refractivity contribution in [3.8, 4) is 5.75 Å². The van der Waals surface area contributed by atoms with Crippen LogP contribution in [0.3, 0.4) is 0 Å². The van der Waals surface area contributed by atoms with Gasteiger partial charge in [0.15, 0.2) is 0 Å². The van der Waals surface area contributed by atoms with Crippen molar-refractivity contribution < 1.29 is 9.47 Å². The number of ether oxygens (including phenoxy) is 2. The lowest BCUT2D eigenvalue weighted by Crippen LogP contribution is -2.38. The van der Waals surface area contributed by atoms with E-state index >= 15 is 0 Å². The second-order valence-corrected chi connectivity index (χ2v) is 4.12. The van der Waals surface area contributed by atoms with Gasteiger partial charge in [0.1, 0.15) is 5.75 Å². The summed E-state index contributed by atoms with van der Waals surface area (Å²) in [5.41, 5.74) is 1.27. The molecule has 2 unspecified atom stereocenters. The molecule has 1 aliphatic rings. The fourth-order valence-electron chi connectivity index (χ4n) is 2.26. The van der Waals surface area contributed by atoms with Gasteiger partial charge in [-0.15, -0.1) is 0 Å². The molecule has 1 aromatic rings. The lowest BCUT2D eigenvalue weighted by Gasteiger charge is -2.32. The highest BCUT2D eigenvalue weighted by Gasteiger charge is 2.25. The molecule has 0 aromatic heterocycles.